The van der Waals surface area contributed by atoms with Gasteiger partial charge in [0.05, 0.1) is 11.3 Å². The maximum atomic E-state index is 12.2. The molecule has 2 rings (SSSR count). The van der Waals surface area contributed by atoms with Crippen LogP contribution < -0.4 is 10.1 Å². The third kappa shape index (κ3) is 5.53. The predicted octanol–water partition coefficient (Wildman–Crippen LogP) is 4.31. The van der Waals surface area contributed by atoms with Crippen LogP contribution in [0.5, 0.6) is 5.75 Å². The van der Waals surface area contributed by atoms with Crippen molar-refractivity contribution >= 4 is 11.5 Å². The summed E-state index contributed by atoms with van der Waals surface area (Å²) >= 11 is 0. The first-order chi connectivity index (χ1) is 11.8. The summed E-state index contributed by atoms with van der Waals surface area (Å²) in [4.78, 5) is 11.4. The van der Waals surface area contributed by atoms with Crippen molar-refractivity contribution < 1.29 is 22.7 Å². The molecule has 0 atom stereocenters. The summed E-state index contributed by atoms with van der Waals surface area (Å²) in [6, 6.07) is 12.9. The number of benzene rings is 2. The van der Waals surface area contributed by atoms with Crippen molar-refractivity contribution in [1.29, 1.82) is 5.26 Å². The fourth-order valence-electron chi connectivity index (χ4n) is 2.11. The number of nitriles is 1. The fraction of sp³-hybridized carbons (Fsp3) is 0.222. The largest absolute Gasteiger partial charge is 0.484 e. The summed E-state index contributed by atoms with van der Waals surface area (Å²) in [5.41, 5.74) is 1.99. The number of Topliss-reactive ketones (excluding diaryl/α,β-unsaturated/α-hetero) is 1. The number of rotatable bonds is 6. The molecule has 0 spiro atoms. The highest BCUT2D eigenvalue weighted by atomic mass is 19.4. The van der Waals surface area contributed by atoms with Gasteiger partial charge in [-0.15, -0.1) is 0 Å². The lowest BCUT2D eigenvalue weighted by atomic mass is 10.1. The molecule has 0 aromatic heterocycles. The lowest BCUT2D eigenvalue weighted by Gasteiger charge is -2.12. The van der Waals surface area contributed by atoms with E-state index in [0.29, 0.717) is 22.4 Å². The summed E-state index contributed by atoms with van der Waals surface area (Å²) in [5, 5.41) is 12.2. The summed E-state index contributed by atoms with van der Waals surface area (Å²) < 4.78 is 41.3. The number of hydrogen-bond donors (Lipinski definition) is 1. The van der Waals surface area contributed by atoms with E-state index in [2.05, 4.69) is 5.32 Å². The van der Waals surface area contributed by atoms with E-state index in [1.807, 2.05) is 6.07 Å². The Kier molecular flexibility index (Phi) is 5.65. The molecule has 0 aliphatic heterocycles. The summed E-state index contributed by atoms with van der Waals surface area (Å²) in [6.45, 7) is 0.328. The van der Waals surface area contributed by atoms with Gasteiger partial charge < -0.3 is 10.1 Å². The van der Waals surface area contributed by atoms with E-state index in [0.717, 1.165) is 0 Å². The van der Waals surface area contributed by atoms with E-state index >= 15 is 0 Å². The molecule has 2 aromatic carbocycles. The molecule has 7 heteroatoms. The summed E-state index contributed by atoms with van der Waals surface area (Å²) in [6.07, 6.45) is -4.40. The van der Waals surface area contributed by atoms with Crippen LogP contribution in [0.25, 0.3) is 0 Å². The van der Waals surface area contributed by atoms with Gasteiger partial charge in [-0.2, -0.15) is 18.4 Å². The molecule has 0 radical (unpaired) electrons. The van der Waals surface area contributed by atoms with Crippen LogP contribution in [0.1, 0.15) is 28.4 Å². The van der Waals surface area contributed by atoms with Crippen molar-refractivity contribution in [3.8, 4) is 11.8 Å². The average Bonchev–Trinajstić information content (AvgIpc) is 2.57. The molecule has 0 heterocycles. The third-order valence-corrected chi connectivity index (χ3v) is 3.33. The van der Waals surface area contributed by atoms with Crippen LogP contribution in [0.15, 0.2) is 42.5 Å². The van der Waals surface area contributed by atoms with E-state index in [-0.39, 0.29) is 18.1 Å². The van der Waals surface area contributed by atoms with Gasteiger partial charge in [0.2, 0.25) is 0 Å². The van der Waals surface area contributed by atoms with Crippen LogP contribution >= 0.6 is 0 Å². The Morgan fingerprint density at radius 3 is 2.64 bits per heavy atom. The second-order valence-electron chi connectivity index (χ2n) is 5.33. The van der Waals surface area contributed by atoms with Gasteiger partial charge in [0, 0.05) is 12.1 Å². The SMILES string of the molecule is CC(=O)c1ccc(C#N)c(NCc2cccc(OCC(F)(F)F)c2)c1. The van der Waals surface area contributed by atoms with Crippen LogP contribution in [0, 0.1) is 11.3 Å². The second kappa shape index (κ2) is 7.71. The van der Waals surface area contributed by atoms with E-state index in [1.165, 1.54) is 19.1 Å². The lowest BCUT2D eigenvalue weighted by Crippen LogP contribution is -2.19. The zero-order chi connectivity index (χ0) is 18.4. The van der Waals surface area contributed by atoms with Crippen molar-refractivity contribution in [3.63, 3.8) is 0 Å². The third-order valence-electron chi connectivity index (χ3n) is 3.33. The van der Waals surface area contributed by atoms with E-state index in [9.17, 15) is 18.0 Å². The minimum Gasteiger partial charge on any atom is -0.484 e. The van der Waals surface area contributed by atoms with Crippen molar-refractivity contribution in [2.45, 2.75) is 19.6 Å². The normalized spacial score (nSPS) is 10.8. The molecule has 25 heavy (non-hydrogen) atoms. The van der Waals surface area contributed by atoms with Crippen LogP contribution in [0.2, 0.25) is 0 Å². The molecule has 0 amide bonds. The smallest absolute Gasteiger partial charge is 0.422 e. The number of halogens is 3. The molecule has 0 aliphatic rings. The van der Waals surface area contributed by atoms with E-state index in [4.69, 9.17) is 10.00 Å². The quantitative estimate of drug-likeness (QED) is 0.790. The van der Waals surface area contributed by atoms with Crippen molar-refractivity contribution in [3.05, 3.63) is 59.2 Å². The van der Waals surface area contributed by atoms with Crippen molar-refractivity contribution in [2.75, 3.05) is 11.9 Å². The average molecular weight is 348 g/mol. The number of ketones is 1. The van der Waals surface area contributed by atoms with Gasteiger partial charge in [0.15, 0.2) is 12.4 Å². The zero-order valence-corrected chi connectivity index (χ0v) is 13.4. The minimum absolute atomic E-state index is 0.106. The number of nitrogens with one attached hydrogen (secondary N) is 1. The Morgan fingerprint density at radius 1 is 1.24 bits per heavy atom. The molecule has 0 aliphatic carbocycles. The molecule has 130 valence electrons. The molecular formula is C18H15F3N2O2. The Balaban J connectivity index is 2.10. The Morgan fingerprint density at radius 2 is 2.00 bits per heavy atom. The predicted molar refractivity (Wildman–Crippen MR) is 86.5 cm³/mol. The highest BCUT2D eigenvalue weighted by molar-refractivity contribution is 5.95. The van der Waals surface area contributed by atoms with Gasteiger partial charge in [-0.3, -0.25) is 4.79 Å². The topological polar surface area (TPSA) is 62.1 Å². The summed E-state index contributed by atoms with van der Waals surface area (Å²) in [5.74, 6) is -0.0234. The highest BCUT2D eigenvalue weighted by Gasteiger charge is 2.28. The molecule has 2 aromatic rings. The van der Waals surface area contributed by atoms with Crippen LogP contribution in [0.3, 0.4) is 0 Å². The van der Waals surface area contributed by atoms with Crippen LogP contribution in [-0.2, 0) is 6.54 Å². The van der Waals surface area contributed by atoms with E-state index < -0.39 is 12.8 Å². The molecule has 0 saturated heterocycles. The lowest BCUT2D eigenvalue weighted by molar-refractivity contribution is -0.153. The molecule has 0 saturated carbocycles. The minimum atomic E-state index is -4.40. The number of hydrogen-bond acceptors (Lipinski definition) is 4. The second-order valence-corrected chi connectivity index (χ2v) is 5.33. The number of anilines is 1. The fourth-order valence-corrected chi connectivity index (χ4v) is 2.11. The van der Waals surface area contributed by atoms with Crippen LogP contribution in [-0.4, -0.2) is 18.6 Å². The maximum absolute atomic E-state index is 12.2. The number of alkyl halides is 3. The molecule has 0 bridgehead atoms. The van der Waals surface area contributed by atoms with Gasteiger partial charge in [-0.25, -0.2) is 0 Å². The van der Waals surface area contributed by atoms with Gasteiger partial charge in [0.1, 0.15) is 11.8 Å². The first-order valence-electron chi connectivity index (χ1n) is 7.36. The molecule has 0 unspecified atom stereocenters. The van der Waals surface area contributed by atoms with Gasteiger partial charge >= 0.3 is 6.18 Å². The number of ether oxygens (including phenoxy) is 1. The van der Waals surface area contributed by atoms with Gasteiger partial charge in [-0.1, -0.05) is 12.1 Å². The summed E-state index contributed by atoms with van der Waals surface area (Å²) in [7, 11) is 0. The zero-order valence-electron chi connectivity index (χ0n) is 13.4. The number of nitrogens with zero attached hydrogens (tertiary/aromatic N) is 1. The van der Waals surface area contributed by atoms with Gasteiger partial charge in [-0.05, 0) is 42.8 Å². The molecule has 1 N–H and O–H groups in total. The molecule has 4 nitrogen and oxygen atoms in total. The number of carbonyl (C=O) groups is 1. The first-order valence-corrected chi connectivity index (χ1v) is 7.36. The monoisotopic (exact) mass is 348 g/mol. The Hall–Kier alpha value is -3.01. The van der Waals surface area contributed by atoms with Gasteiger partial charge in [0.25, 0.3) is 0 Å². The van der Waals surface area contributed by atoms with Crippen LogP contribution in [0.4, 0.5) is 18.9 Å². The standard InChI is InChI=1S/C18H15F3N2O2/c1-12(24)14-5-6-15(9-22)17(8-14)23-10-13-3-2-4-16(7-13)25-11-18(19,20)21/h2-8,23H,10-11H2,1H3. The molecule has 0 fully saturated rings. The van der Waals surface area contributed by atoms with Crippen molar-refractivity contribution in [2.24, 2.45) is 0 Å². The maximum Gasteiger partial charge on any atom is 0.422 e. The Bertz CT molecular complexity index is 811. The molecular weight excluding hydrogens is 333 g/mol. The van der Waals surface area contributed by atoms with E-state index in [1.54, 1.807) is 30.3 Å². The first kappa shape index (κ1) is 18.3. The number of carbonyl (C=O) groups excluding carboxylic acids is 1. The van der Waals surface area contributed by atoms with Crippen molar-refractivity contribution in [1.82, 2.24) is 0 Å². The highest BCUT2D eigenvalue weighted by Crippen LogP contribution is 2.21. The Labute approximate surface area is 142 Å².